The van der Waals surface area contributed by atoms with Crippen molar-refractivity contribution in [3.05, 3.63) is 71.9 Å². The number of ether oxygens (including phenoxy) is 1. The largest absolute Gasteiger partial charge is 0.466 e. The maximum Gasteiger partial charge on any atom is 0.310 e. The van der Waals surface area contributed by atoms with E-state index in [1.165, 1.54) is 0 Å². The molecule has 2 heterocycles. The number of amides is 1. The number of likely N-dealkylation sites (tertiary alicyclic amines) is 1. The quantitative estimate of drug-likeness (QED) is 0.582. The summed E-state index contributed by atoms with van der Waals surface area (Å²) >= 11 is 0. The van der Waals surface area contributed by atoms with E-state index in [-0.39, 0.29) is 17.8 Å². The molecular weight excluding hydrogens is 390 g/mol. The van der Waals surface area contributed by atoms with Gasteiger partial charge in [0.2, 0.25) is 0 Å². The van der Waals surface area contributed by atoms with Gasteiger partial charge in [-0.3, -0.25) is 9.59 Å². The number of carbonyl (C=O) groups is 2. The Balaban J connectivity index is 1.70. The fraction of sp³-hybridized carbons (Fsp3) is 0.320. The number of benzene rings is 2. The van der Waals surface area contributed by atoms with Crippen LogP contribution in [0.1, 0.15) is 35.8 Å². The first kappa shape index (κ1) is 20.8. The monoisotopic (exact) mass is 417 g/mol. The third-order valence-corrected chi connectivity index (χ3v) is 5.57. The van der Waals surface area contributed by atoms with E-state index in [2.05, 4.69) is 0 Å². The first-order chi connectivity index (χ1) is 15.1. The molecule has 2 aromatic carbocycles. The number of aryl methyl sites for hydroxylation is 1. The van der Waals surface area contributed by atoms with Crippen molar-refractivity contribution in [1.82, 2.24) is 14.7 Å². The molecule has 1 atom stereocenters. The van der Waals surface area contributed by atoms with Crippen molar-refractivity contribution in [3.8, 4) is 16.9 Å². The predicted molar refractivity (Wildman–Crippen MR) is 119 cm³/mol. The normalized spacial score (nSPS) is 16.2. The second-order valence-corrected chi connectivity index (χ2v) is 7.87. The third kappa shape index (κ3) is 4.53. The van der Waals surface area contributed by atoms with Crippen molar-refractivity contribution in [2.75, 3.05) is 19.7 Å². The number of hydrogen-bond acceptors (Lipinski definition) is 4. The molecule has 6 heteroatoms. The molecule has 31 heavy (non-hydrogen) atoms. The van der Waals surface area contributed by atoms with E-state index in [9.17, 15) is 9.59 Å². The van der Waals surface area contributed by atoms with E-state index >= 15 is 0 Å². The van der Waals surface area contributed by atoms with Crippen molar-refractivity contribution in [2.45, 2.75) is 26.7 Å². The Kier molecular flexibility index (Phi) is 6.16. The minimum atomic E-state index is -0.276. The van der Waals surface area contributed by atoms with Crippen LogP contribution in [0.25, 0.3) is 16.9 Å². The number of rotatable bonds is 5. The van der Waals surface area contributed by atoms with Crippen LogP contribution in [-0.4, -0.2) is 46.3 Å². The van der Waals surface area contributed by atoms with Gasteiger partial charge in [-0.2, -0.15) is 5.10 Å². The molecular formula is C25H27N3O3. The highest BCUT2D eigenvalue weighted by Gasteiger charge is 2.31. The molecule has 0 radical (unpaired) electrons. The number of hydrogen-bond donors (Lipinski definition) is 0. The fourth-order valence-electron chi connectivity index (χ4n) is 4.02. The standard InChI is InChI=1S/C25H27N3O3/c1-3-31-25(30)20-12-8-14-27(17-20)24(29)23-16-22(19-10-5-4-6-11-19)26-28(23)21-13-7-9-18(2)15-21/h4-7,9-11,13,15-16,20H,3,8,12,14,17H2,1-2H3. The Morgan fingerprint density at radius 3 is 2.65 bits per heavy atom. The summed E-state index contributed by atoms with van der Waals surface area (Å²) in [6.45, 7) is 5.16. The zero-order valence-electron chi connectivity index (χ0n) is 18.0. The first-order valence-corrected chi connectivity index (χ1v) is 10.7. The van der Waals surface area contributed by atoms with Crippen molar-refractivity contribution in [2.24, 2.45) is 5.92 Å². The number of aromatic nitrogens is 2. The first-order valence-electron chi connectivity index (χ1n) is 10.7. The maximum atomic E-state index is 13.6. The lowest BCUT2D eigenvalue weighted by molar-refractivity contribution is -0.149. The second-order valence-electron chi connectivity index (χ2n) is 7.87. The molecule has 1 saturated heterocycles. The van der Waals surface area contributed by atoms with Crippen LogP contribution in [0.2, 0.25) is 0 Å². The van der Waals surface area contributed by atoms with Gasteiger partial charge in [0.15, 0.2) is 0 Å². The van der Waals surface area contributed by atoms with E-state index in [1.54, 1.807) is 16.5 Å². The van der Waals surface area contributed by atoms with Crippen LogP contribution in [0.5, 0.6) is 0 Å². The molecule has 4 rings (SSSR count). The van der Waals surface area contributed by atoms with E-state index in [0.29, 0.717) is 25.4 Å². The number of esters is 1. The summed E-state index contributed by atoms with van der Waals surface area (Å²) in [5.74, 6) is -0.621. The van der Waals surface area contributed by atoms with Gasteiger partial charge in [0.25, 0.3) is 5.91 Å². The molecule has 1 aromatic heterocycles. The Morgan fingerprint density at radius 1 is 1.10 bits per heavy atom. The Bertz CT molecular complexity index is 1070. The molecule has 1 aliphatic heterocycles. The van der Waals surface area contributed by atoms with Crippen molar-refractivity contribution in [1.29, 1.82) is 0 Å². The molecule has 0 spiro atoms. The average Bonchev–Trinajstić information content (AvgIpc) is 3.25. The molecule has 1 aliphatic rings. The molecule has 6 nitrogen and oxygen atoms in total. The number of nitrogens with zero attached hydrogens (tertiary/aromatic N) is 3. The van der Waals surface area contributed by atoms with Crippen LogP contribution >= 0.6 is 0 Å². The molecule has 3 aromatic rings. The molecule has 0 N–H and O–H groups in total. The average molecular weight is 418 g/mol. The molecule has 0 bridgehead atoms. The SMILES string of the molecule is CCOC(=O)C1CCCN(C(=O)c2cc(-c3ccccc3)nn2-c2cccc(C)c2)C1. The van der Waals surface area contributed by atoms with Crippen LogP contribution in [0.4, 0.5) is 0 Å². The van der Waals surface area contributed by atoms with Crippen LogP contribution in [0.3, 0.4) is 0 Å². The zero-order chi connectivity index (χ0) is 21.8. The van der Waals surface area contributed by atoms with Gasteiger partial charge < -0.3 is 9.64 Å². The minimum Gasteiger partial charge on any atom is -0.466 e. The van der Waals surface area contributed by atoms with Gasteiger partial charge in [0.1, 0.15) is 5.69 Å². The predicted octanol–water partition coefficient (Wildman–Crippen LogP) is 4.26. The summed E-state index contributed by atoms with van der Waals surface area (Å²) in [5.41, 5.74) is 4.11. The Labute approximate surface area is 182 Å². The Hall–Kier alpha value is -3.41. The van der Waals surface area contributed by atoms with Crippen LogP contribution in [0.15, 0.2) is 60.7 Å². The second kappa shape index (κ2) is 9.16. The van der Waals surface area contributed by atoms with Crippen molar-refractivity contribution < 1.29 is 14.3 Å². The molecule has 1 amide bonds. The summed E-state index contributed by atoms with van der Waals surface area (Å²) < 4.78 is 6.90. The summed E-state index contributed by atoms with van der Waals surface area (Å²) in [5, 5.41) is 4.77. The van der Waals surface area contributed by atoms with Gasteiger partial charge in [-0.15, -0.1) is 0 Å². The highest BCUT2D eigenvalue weighted by molar-refractivity contribution is 5.95. The van der Waals surface area contributed by atoms with Gasteiger partial charge in [0.05, 0.1) is 23.9 Å². The lowest BCUT2D eigenvalue weighted by atomic mass is 9.98. The van der Waals surface area contributed by atoms with Gasteiger partial charge >= 0.3 is 5.97 Å². The molecule has 0 saturated carbocycles. The van der Waals surface area contributed by atoms with Gasteiger partial charge in [-0.1, -0.05) is 42.5 Å². The van der Waals surface area contributed by atoms with Gasteiger partial charge in [-0.25, -0.2) is 4.68 Å². The van der Waals surface area contributed by atoms with E-state index in [1.807, 2.05) is 67.6 Å². The highest BCUT2D eigenvalue weighted by Crippen LogP contribution is 2.25. The summed E-state index contributed by atoms with van der Waals surface area (Å²) in [6.07, 6.45) is 1.52. The fourth-order valence-corrected chi connectivity index (χ4v) is 4.02. The summed E-state index contributed by atoms with van der Waals surface area (Å²) in [7, 11) is 0. The third-order valence-electron chi connectivity index (χ3n) is 5.57. The minimum absolute atomic E-state index is 0.120. The summed E-state index contributed by atoms with van der Waals surface area (Å²) in [6, 6.07) is 19.6. The Morgan fingerprint density at radius 2 is 1.90 bits per heavy atom. The van der Waals surface area contributed by atoms with Gasteiger partial charge in [0, 0.05) is 18.7 Å². The zero-order valence-corrected chi connectivity index (χ0v) is 18.0. The molecule has 160 valence electrons. The van der Waals surface area contributed by atoms with E-state index in [4.69, 9.17) is 9.84 Å². The van der Waals surface area contributed by atoms with E-state index < -0.39 is 0 Å². The number of piperidine rings is 1. The van der Waals surface area contributed by atoms with Crippen LogP contribution < -0.4 is 0 Å². The molecule has 1 unspecified atom stereocenters. The lowest BCUT2D eigenvalue weighted by Crippen LogP contribution is -2.43. The topological polar surface area (TPSA) is 64.4 Å². The maximum absolute atomic E-state index is 13.6. The number of carbonyl (C=O) groups excluding carboxylic acids is 2. The smallest absolute Gasteiger partial charge is 0.310 e. The summed E-state index contributed by atoms with van der Waals surface area (Å²) in [4.78, 5) is 27.6. The van der Waals surface area contributed by atoms with Crippen LogP contribution in [-0.2, 0) is 9.53 Å². The highest BCUT2D eigenvalue weighted by atomic mass is 16.5. The lowest BCUT2D eigenvalue weighted by Gasteiger charge is -2.31. The van der Waals surface area contributed by atoms with Crippen LogP contribution in [0, 0.1) is 12.8 Å². The van der Waals surface area contributed by atoms with Gasteiger partial charge in [-0.05, 0) is 50.5 Å². The van der Waals surface area contributed by atoms with E-state index in [0.717, 1.165) is 35.3 Å². The molecule has 1 fully saturated rings. The van der Waals surface area contributed by atoms with Crippen molar-refractivity contribution in [3.63, 3.8) is 0 Å². The van der Waals surface area contributed by atoms with Crippen molar-refractivity contribution >= 4 is 11.9 Å². The molecule has 0 aliphatic carbocycles.